The molecule has 0 radical (unpaired) electrons. The van der Waals surface area contributed by atoms with Gasteiger partial charge in [-0.25, -0.2) is 4.98 Å². The Morgan fingerprint density at radius 1 is 1.33 bits per heavy atom. The van der Waals surface area contributed by atoms with Gasteiger partial charge in [0, 0.05) is 4.88 Å². The van der Waals surface area contributed by atoms with E-state index in [4.69, 9.17) is 0 Å². The van der Waals surface area contributed by atoms with Gasteiger partial charge in [-0.15, -0.1) is 11.3 Å². The summed E-state index contributed by atoms with van der Waals surface area (Å²) in [5.74, 6) is 0. The number of rotatable bonds is 4. The van der Waals surface area contributed by atoms with Crippen LogP contribution in [0, 0.1) is 0 Å². The number of thiophene rings is 1. The maximum atomic E-state index is 12.4. The minimum atomic E-state index is -0.518. The summed E-state index contributed by atoms with van der Waals surface area (Å²) >= 11 is 1.45. The van der Waals surface area contributed by atoms with Crippen LogP contribution in [-0.2, 0) is 6.54 Å². The van der Waals surface area contributed by atoms with E-state index in [0.717, 1.165) is 10.4 Å². The quantitative estimate of drug-likeness (QED) is 0.806. The first kappa shape index (κ1) is 14.0. The minimum Gasteiger partial charge on any atom is -0.391 e. The molecule has 1 N–H and O–H groups in total. The molecule has 0 aliphatic rings. The average Bonchev–Trinajstić information content (AvgIpc) is 2.96. The highest BCUT2D eigenvalue weighted by Gasteiger charge is 2.11. The van der Waals surface area contributed by atoms with Crippen molar-refractivity contribution >= 4 is 21.6 Å². The van der Waals surface area contributed by atoms with Gasteiger partial charge in [-0.2, -0.15) is 0 Å². The lowest BCUT2D eigenvalue weighted by molar-refractivity contribution is 0.148. The Morgan fingerprint density at radius 3 is 2.81 bits per heavy atom. The Morgan fingerprint density at radius 2 is 2.10 bits per heavy atom. The molecule has 5 heteroatoms. The molecule has 0 saturated carbocycles. The van der Waals surface area contributed by atoms with Crippen molar-refractivity contribution in [3.63, 3.8) is 0 Å². The van der Waals surface area contributed by atoms with Gasteiger partial charge in [0.25, 0.3) is 5.56 Å². The van der Waals surface area contributed by atoms with Crippen molar-refractivity contribution in [2.45, 2.75) is 26.0 Å². The summed E-state index contributed by atoms with van der Waals surface area (Å²) in [6, 6.07) is 11.9. The molecule has 0 spiro atoms. The number of hydrogen-bond acceptors (Lipinski definition) is 4. The minimum absolute atomic E-state index is 0.0836. The molecule has 0 bridgehead atoms. The number of aliphatic hydroxyl groups is 1. The van der Waals surface area contributed by atoms with Crippen molar-refractivity contribution in [3.05, 3.63) is 53.1 Å². The van der Waals surface area contributed by atoms with E-state index in [0.29, 0.717) is 16.6 Å². The lowest BCUT2D eigenvalue weighted by Gasteiger charge is -2.09. The van der Waals surface area contributed by atoms with Crippen molar-refractivity contribution in [1.29, 1.82) is 0 Å². The molecule has 0 fully saturated rings. The smallest absolute Gasteiger partial charge is 0.271 e. The van der Waals surface area contributed by atoms with E-state index in [2.05, 4.69) is 4.98 Å². The van der Waals surface area contributed by atoms with Crippen molar-refractivity contribution in [1.82, 2.24) is 9.55 Å². The van der Waals surface area contributed by atoms with Crippen LogP contribution in [0.1, 0.15) is 13.3 Å². The van der Waals surface area contributed by atoms with Crippen LogP contribution in [0.5, 0.6) is 0 Å². The molecule has 0 unspecified atom stereocenters. The van der Waals surface area contributed by atoms with Crippen molar-refractivity contribution in [3.8, 4) is 10.4 Å². The van der Waals surface area contributed by atoms with Gasteiger partial charge in [-0.1, -0.05) is 37.3 Å². The van der Waals surface area contributed by atoms with Crippen LogP contribution in [0.4, 0.5) is 0 Å². The zero-order chi connectivity index (χ0) is 14.8. The van der Waals surface area contributed by atoms with Gasteiger partial charge in [0.2, 0.25) is 0 Å². The fourth-order valence-corrected chi connectivity index (χ4v) is 3.24. The Kier molecular flexibility index (Phi) is 3.86. The van der Waals surface area contributed by atoms with Crippen LogP contribution >= 0.6 is 11.3 Å². The second kappa shape index (κ2) is 5.79. The molecule has 2 heterocycles. The highest BCUT2D eigenvalue weighted by molar-refractivity contribution is 7.22. The summed E-state index contributed by atoms with van der Waals surface area (Å²) in [7, 11) is 0. The molecule has 0 amide bonds. The maximum absolute atomic E-state index is 12.4. The summed E-state index contributed by atoms with van der Waals surface area (Å²) in [5, 5.41) is 9.71. The van der Waals surface area contributed by atoms with Crippen LogP contribution in [0.15, 0.2) is 47.5 Å². The van der Waals surface area contributed by atoms with Gasteiger partial charge in [-0.05, 0) is 18.1 Å². The third-order valence-corrected chi connectivity index (χ3v) is 4.60. The predicted octanol–water partition coefficient (Wildman–Crippen LogP) is 2.90. The van der Waals surface area contributed by atoms with E-state index < -0.39 is 6.10 Å². The van der Waals surface area contributed by atoms with Crippen molar-refractivity contribution in [2.24, 2.45) is 0 Å². The first-order chi connectivity index (χ1) is 10.2. The molecule has 0 aliphatic heterocycles. The van der Waals surface area contributed by atoms with E-state index in [1.54, 1.807) is 0 Å². The van der Waals surface area contributed by atoms with Crippen LogP contribution < -0.4 is 5.56 Å². The summed E-state index contributed by atoms with van der Waals surface area (Å²) < 4.78 is 2.13. The fraction of sp³-hybridized carbons (Fsp3) is 0.250. The predicted molar refractivity (Wildman–Crippen MR) is 85.6 cm³/mol. The first-order valence-electron chi connectivity index (χ1n) is 6.91. The van der Waals surface area contributed by atoms with Gasteiger partial charge in [0.05, 0.1) is 24.5 Å². The molecule has 3 rings (SSSR count). The van der Waals surface area contributed by atoms with Crippen LogP contribution in [0.3, 0.4) is 0 Å². The van der Waals surface area contributed by atoms with E-state index in [1.165, 1.54) is 22.2 Å². The molecule has 4 nitrogen and oxygen atoms in total. The van der Waals surface area contributed by atoms with Crippen LogP contribution in [-0.4, -0.2) is 20.8 Å². The van der Waals surface area contributed by atoms with Gasteiger partial charge in [-0.3, -0.25) is 9.36 Å². The number of benzene rings is 1. The molecule has 21 heavy (non-hydrogen) atoms. The van der Waals surface area contributed by atoms with Crippen molar-refractivity contribution in [2.75, 3.05) is 0 Å². The topological polar surface area (TPSA) is 55.1 Å². The first-order valence-corrected chi connectivity index (χ1v) is 7.73. The number of fused-ring (bicyclic) bond motifs is 1. The normalized spacial score (nSPS) is 12.7. The summed E-state index contributed by atoms with van der Waals surface area (Å²) in [6.45, 7) is 2.18. The Bertz CT molecular complexity index is 808. The number of hydrogen-bond donors (Lipinski definition) is 1. The third-order valence-electron chi connectivity index (χ3n) is 3.44. The van der Waals surface area contributed by atoms with Crippen molar-refractivity contribution < 1.29 is 5.11 Å². The van der Waals surface area contributed by atoms with Gasteiger partial charge in [0.15, 0.2) is 0 Å². The molecular weight excluding hydrogens is 284 g/mol. The van der Waals surface area contributed by atoms with Crippen LogP contribution in [0.25, 0.3) is 20.7 Å². The summed E-state index contributed by atoms with van der Waals surface area (Å²) in [4.78, 5) is 17.8. The number of nitrogens with zero attached hydrogens (tertiary/aromatic N) is 2. The molecule has 0 aliphatic carbocycles. The summed E-state index contributed by atoms with van der Waals surface area (Å²) in [5.41, 5.74) is 1.71. The lowest BCUT2D eigenvalue weighted by Crippen LogP contribution is -2.25. The van der Waals surface area contributed by atoms with E-state index in [-0.39, 0.29) is 12.1 Å². The monoisotopic (exact) mass is 300 g/mol. The van der Waals surface area contributed by atoms with E-state index in [9.17, 15) is 9.90 Å². The standard InChI is InChI=1S/C16H16N2O2S/c1-2-12(19)9-18-10-17-13-8-14(21-15(13)16(18)20)11-6-4-3-5-7-11/h3-8,10,12,19H,2,9H2,1H3/t12-/m1/s1. The highest BCUT2D eigenvalue weighted by Crippen LogP contribution is 2.30. The molecule has 3 aromatic rings. The van der Waals surface area contributed by atoms with E-state index in [1.807, 2.05) is 43.3 Å². The van der Waals surface area contributed by atoms with Crippen LogP contribution in [0.2, 0.25) is 0 Å². The fourth-order valence-electron chi connectivity index (χ4n) is 2.18. The molecule has 0 saturated heterocycles. The SMILES string of the molecule is CC[C@@H](O)Cn1cnc2cc(-c3ccccc3)sc2c1=O. The Hall–Kier alpha value is -1.98. The Balaban J connectivity index is 2.06. The van der Waals surface area contributed by atoms with E-state index >= 15 is 0 Å². The molecule has 108 valence electrons. The highest BCUT2D eigenvalue weighted by atomic mass is 32.1. The second-order valence-electron chi connectivity index (χ2n) is 4.96. The largest absolute Gasteiger partial charge is 0.391 e. The second-order valence-corrected chi connectivity index (χ2v) is 6.01. The number of aromatic nitrogens is 2. The third kappa shape index (κ3) is 2.75. The summed E-state index contributed by atoms with van der Waals surface area (Å²) in [6.07, 6.45) is 1.62. The zero-order valence-electron chi connectivity index (χ0n) is 11.7. The average molecular weight is 300 g/mol. The molecule has 1 aromatic carbocycles. The lowest BCUT2D eigenvalue weighted by atomic mass is 10.2. The molecular formula is C16H16N2O2S. The Labute approximate surface area is 126 Å². The van der Waals surface area contributed by atoms with Gasteiger partial charge in [0.1, 0.15) is 4.70 Å². The molecule has 2 aromatic heterocycles. The number of aliphatic hydroxyl groups excluding tert-OH is 1. The maximum Gasteiger partial charge on any atom is 0.271 e. The van der Waals surface area contributed by atoms with Gasteiger partial charge < -0.3 is 5.11 Å². The van der Waals surface area contributed by atoms with Gasteiger partial charge >= 0.3 is 0 Å². The molecule has 1 atom stereocenters. The zero-order valence-corrected chi connectivity index (χ0v) is 12.5.